The number of hydrogen-bond donors (Lipinski definition) is 1. The maximum atomic E-state index is 13.1. The largest absolute Gasteiger partial charge is 0.507 e. The molecule has 0 aromatic heterocycles. The normalized spacial score (nSPS) is 18.0. The Hall–Kier alpha value is -3.21. The fraction of sp³-hybridized carbons (Fsp3) is 0.360. The SMILES string of the molecule is COc1ccc([C@@H]2C(=C(O)c3ccc(S(=O)(=O)N(C)C)cc3)C(=O)C(=O)N2CCCN(C)C)cc1. The molecule has 1 aliphatic rings. The maximum Gasteiger partial charge on any atom is 0.295 e. The van der Waals surface area contributed by atoms with Crippen LogP contribution in [0.5, 0.6) is 5.75 Å². The molecule has 2 aromatic carbocycles. The van der Waals surface area contributed by atoms with Crippen molar-refractivity contribution in [3.8, 4) is 5.75 Å². The third kappa shape index (κ3) is 5.39. The molecule has 1 saturated heterocycles. The zero-order valence-electron chi connectivity index (χ0n) is 20.6. The minimum absolute atomic E-state index is 0.0340. The number of methoxy groups -OCH3 is 1. The second-order valence-electron chi connectivity index (χ2n) is 8.73. The molecule has 1 fully saturated rings. The fourth-order valence-electron chi connectivity index (χ4n) is 3.95. The Kier molecular flexibility index (Phi) is 7.99. The maximum absolute atomic E-state index is 13.1. The van der Waals surface area contributed by atoms with Gasteiger partial charge in [-0.05, 0) is 69.0 Å². The van der Waals surface area contributed by atoms with Crippen LogP contribution >= 0.6 is 0 Å². The molecule has 9 nitrogen and oxygen atoms in total. The van der Waals surface area contributed by atoms with Crippen LogP contribution in [0.15, 0.2) is 59.0 Å². The molecule has 1 atom stereocenters. The highest BCUT2D eigenvalue weighted by Crippen LogP contribution is 2.40. The first-order valence-electron chi connectivity index (χ1n) is 11.1. The molecule has 0 unspecified atom stereocenters. The van der Waals surface area contributed by atoms with Crippen molar-refractivity contribution in [3.05, 3.63) is 65.2 Å². The summed E-state index contributed by atoms with van der Waals surface area (Å²) in [5.74, 6) is -1.19. The number of amides is 1. The Morgan fingerprint density at radius 3 is 2.11 bits per heavy atom. The number of ketones is 1. The van der Waals surface area contributed by atoms with E-state index in [4.69, 9.17) is 4.74 Å². The number of carbonyl (C=O) groups excluding carboxylic acids is 2. The predicted molar refractivity (Wildman–Crippen MR) is 132 cm³/mol. The van der Waals surface area contributed by atoms with E-state index in [1.54, 1.807) is 31.4 Å². The minimum Gasteiger partial charge on any atom is -0.507 e. The average Bonchev–Trinajstić information content (AvgIpc) is 3.08. The number of likely N-dealkylation sites (tertiary alicyclic amines) is 1. The van der Waals surface area contributed by atoms with Crippen LogP contribution in [0.4, 0.5) is 0 Å². The first-order chi connectivity index (χ1) is 16.5. The van der Waals surface area contributed by atoms with Crippen molar-refractivity contribution < 1.29 is 27.9 Å². The lowest BCUT2D eigenvalue weighted by Crippen LogP contribution is -2.32. The Morgan fingerprint density at radius 1 is 1.00 bits per heavy atom. The van der Waals surface area contributed by atoms with Crippen molar-refractivity contribution in [3.63, 3.8) is 0 Å². The third-order valence-corrected chi connectivity index (χ3v) is 7.71. The van der Waals surface area contributed by atoms with Crippen molar-refractivity contribution in [2.24, 2.45) is 0 Å². The van der Waals surface area contributed by atoms with E-state index >= 15 is 0 Å². The van der Waals surface area contributed by atoms with Crippen LogP contribution < -0.4 is 4.74 Å². The van der Waals surface area contributed by atoms with E-state index in [0.29, 0.717) is 24.3 Å². The first kappa shape index (κ1) is 26.4. The van der Waals surface area contributed by atoms with Crippen molar-refractivity contribution in [1.29, 1.82) is 0 Å². The molecule has 0 aliphatic carbocycles. The number of carbonyl (C=O) groups is 2. The van der Waals surface area contributed by atoms with Gasteiger partial charge in [-0.3, -0.25) is 9.59 Å². The van der Waals surface area contributed by atoms with Gasteiger partial charge in [-0.15, -0.1) is 0 Å². The Labute approximate surface area is 206 Å². The highest BCUT2D eigenvalue weighted by molar-refractivity contribution is 7.89. The molecular weight excluding hydrogens is 470 g/mol. The van der Waals surface area contributed by atoms with Crippen LogP contribution in [0.2, 0.25) is 0 Å². The Morgan fingerprint density at radius 2 is 1.60 bits per heavy atom. The summed E-state index contributed by atoms with van der Waals surface area (Å²) >= 11 is 0. The number of benzene rings is 2. The van der Waals surface area contributed by atoms with Crippen LogP contribution in [-0.2, 0) is 19.6 Å². The third-order valence-electron chi connectivity index (χ3n) is 5.88. The molecule has 1 N–H and O–H groups in total. The van der Waals surface area contributed by atoms with Crippen LogP contribution in [0.1, 0.15) is 23.6 Å². The molecule has 1 aliphatic heterocycles. The van der Waals surface area contributed by atoms with Gasteiger partial charge in [-0.25, -0.2) is 12.7 Å². The van der Waals surface area contributed by atoms with Gasteiger partial charge in [0.1, 0.15) is 11.5 Å². The van der Waals surface area contributed by atoms with E-state index in [1.807, 2.05) is 19.0 Å². The quantitative estimate of drug-likeness (QED) is 0.319. The highest BCUT2D eigenvalue weighted by atomic mass is 32.2. The number of Topliss-reactive ketones (excluding diaryl/α,β-unsaturated/α-hetero) is 1. The van der Waals surface area contributed by atoms with E-state index < -0.39 is 27.8 Å². The standard InChI is InChI=1S/C25H31N3O6S/c1-26(2)15-6-16-28-22(17-7-11-19(34-5)12-8-17)21(24(30)25(28)31)23(29)18-9-13-20(14-10-18)35(32,33)27(3)4/h7-14,22,29H,6,15-16H2,1-5H3/t22-/m1/s1. The summed E-state index contributed by atoms with van der Waals surface area (Å²) in [5.41, 5.74) is 0.865. The molecule has 0 saturated carbocycles. The van der Waals surface area contributed by atoms with Gasteiger partial charge >= 0.3 is 0 Å². The summed E-state index contributed by atoms with van der Waals surface area (Å²) in [5, 5.41) is 11.2. The second-order valence-corrected chi connectivity index (χ2v) is 10.9. The van der Waals surface area contributed by atoms with Crippen molar-refractivity contribution in [2.45, 2.75) is 17.4 Å². The van der Waals surface area contributed by atoms with Crippen molar-refractivity contribution in [2.75, 3.05) is 48.4 Å². The number of ether oxygens (including phenoxy) is 1. The predicted octanol–water partition coefficient (Wildman–Crippen LogP) is 2.32. The van der Waals surface area contributed by atoms with Gasteiger partial charge in [-0.1, -0.05) is 12.1 Å². The van der Waals surface area contributed by atoms with Crippen LogP contribution in [0, 0.1) is 0 Å². The van der Waals surface area contributed by atoms with Gasteiger partial charge < -0.3 is 19.6 Å². The number of aliphatic hydroxyl groups excluding tert-OH is 1. The molecule has 0 spiro atoms. The summed E-state index contributed by atoms with van der Waals surface area (Å²) in [4.78, 5) is 29.6. The lowest BCUT2D eigenvalue weighted by Gasteiger charge is -2.26. The van der Waals surface area contributed by atoms with Gasteiger partial charge in [0.15, 0.2) is 0 Å². The monoisotopic (exact) mass is 501 g/mol. The molecule has 1 heterocycles. The fourth-order valence-corrected chi connectivity index (χ4v) is 4.85. The number of aliphatic hydroxyl groups is 1. The Bertz CT molecular complexity index is 1220. The average molecular weight is 502 g/mol. The molecule has 0 radical (unpaired) electrons. The lowest BCUT2D eigenvalue weighted by atomic mass is 9.95. The van der Waals surface area contributed by atoms with Crippen molar-refractivity contribution in [1.82, 2.24) is 14.1 Å². The molecule has 188 valence electrons. The van der Waals surface area contributed by atoms with E-state index in [-0.39, 0.29) is 21.8 Å². The lowest BCUT2D eigenvalue weighted by molar-refractivity contribution is -0.139. The van der Waals surface area contributed by atoms with Crippen LogP contribution in [0.3, 0.4) is 0 Å². The molecular formula is C25H31N3O6S. The Balaban J connectivity index is 2.08. The number of rotatable bonds is 9. The number of hydrogen-bond acceptors (Lipinski definition) is 7. The van der Waals surface area contributed by atoms with E-state index in [9.17, 15) is 23.1 Å². The smallest absolute Gasteiger partial charge is 0.295 e. The second kappa shape index (κ2) is 10.6. The summed E-state index contributed by atoms with van der Waals surface area (Å²) in [7, 11) is 4.59. The summed E-state index contributed by atoms with van der Waals surface area (Å²) < 4.78 is 31.1. The van der Waals surface area contributed by atoms with E-state index in [2.05, 4.69) is 0 Å². The van der Waals surface area contributed by atoms with Crippen LogP contribution in [-0.4, -0.2) is 87.7 Å². The van der Waals surface area contributed by atoms with Crippen LogP contribution in [0.25, 0.3) is 5.76 Å². The van der Waals surface area contributed by atoms with Crippen molar-refractivity contribution >= 4 is 27.5 Å². The molecule has 1 amide bonds. The van der Waals surface area contributed by atoms with Gasteiger partial charge in [0.2, 0.25) is 10.0 Å². The topological polar surface area (TPSA) is 107 Å². The summed E-state index contributed by atoms with van der Waals surface area (Å²) in [6.07, 6.45) is 0.643. The minimum atomic E-state index is -3.65. The zero-order valence-corrected chi connectivity index (χ0v) is 21.4. The van der Waals surface area contributed by atoms with E-state index in [0.717, 1.165) is 10.8 Å². The first-order valence-corrected chi connectivity index (χ1v) is 12.5. The zero-order chi connectivity index (χ0) is 25.9. The molecule has 35 heavy (non-hydrogen) atoms. The van der Waals surface area contributed by atoms with Gasteiger partial charge in [0.25, 0.3) is 11.7 Å². The number of nitrogens with zero attached hydrogens (tertiary/aromatic N) is 3. The summed E-state index contributed by atoms with van der Waals surface area (Å²) in [6.45, 7) is 1.05. The van der Waals surface area contributed by atoms with E-state index in [1.165, 1.54) is 43.3 Å². The highest BCUT2D eigenvalue weighted by Gasteiger charge is 2.45. The molecule has 3 rings (SSSR count). The van der Waals surface area contributed by atoms with Gasteiger partial charge in [0.05, 0.1) is 23.6 Å². The van der Waals surface area contributed by atoms with Gasteiger partial charge in [0, 0.05) is 26.2 Å². The molecule has 0 bridgehead atoms. The molecule has 10 heteroatoms. The molecule has 2 aromatic rings. The number of sulfonamides is 1. The van der Waals surface area contributed by atoms with Gasteiger partial charge in [-0.2, -0.15) is 0 Å². The summed E-state index contributed by atoms with van der Waals surface area (Å²) in [6, 6.07) is 11.8.